The van der Waals surface area contributed by atoms with E-state index in [2.05, 4.69) is 62.0 Å². The van der Waals surface area contributed by atoms with Gasteiger partial charge in [0.25, 0.3) is 0 Å². The van der Waals surface area contributed by atoms with Crippen LogP contribution < -0.4 is 5.32 Å². The zero-order chi connectivity index (χ0) is 16.8. The highest BCUT2D eigenvalue weighted by molar-refractivity contribution is 14.1. The standard InChI is InChI=1S/C19H22IN3O/c20-17-7-4-8-18(13-17)21-19(24)15-23-11-9-22(10-12-23)14-16-5-2-1-3-6-16/h1-8,13H,9-12,14-15H2,(H,21,24). The number of carbonyl (C=O) groups is 1. The van der Waals surface area contributed by atoms with Crippen LogP contribution >= 0.6 is 22.6 Å². The van der Waals surface area contributed by atoms with Gasteiger partial charge in [-0.25, -0.2) is 0 Å². The molecule has 1 N–H and O–H groups in total. The number of nitrogens with one attached hydrogen (secondary N) is 1. The van der Waals surface area contributed by atoms with Gasteiger partial charge in [-0.15, -0.1) is 0 Å². The van der Waals surface area contributed by atoms with Gasteiger partial charge in [0.2, 0.25) is 5.91 Å². The van der Waals surface area contributed by atoms with Crippen LogP contribution in [-0.4, -0.2) is 48.4 Å². The molecule has 0 atom stereocenters. The monoisotopic (exact) mass is 435 g/mol. The largest absolute Gasteiger partial charge is 0.325 e. The molecule has 1 heterocycles. The highest BCUT2D eigenvalue weighted by Crippen LogP contribution is 2.13. The first-order chi connectivity index (χ1) is 11.7. The predicted molar refractivity (Wildman–Crippen MR) is 106 cm³/mol. The van der Waals surface area contributed by atoms with E-state index in [0.717, 1.165) is 42.0 Å². The number of halogens is 1. The lowest BCUT2D eigenvalue weighted by molar-refractivity contribution is -0.117. The lowest BCUT2D eigenvalue weighted by Gasteiger charge is -2.34. The van der Waals surface area contributed by atoms with E-state index in [-0.39, 0.29) is 5.91 Å². The molecule has 0 saturated carbocycles. The molecule has 3 rings (SSSR count). The molecule has 1 saturated heterocycles. The van der Waals surface area contributed by atoms with Crippen molar-refractivity contribution in [3.05, 3.63) is 63.7 Å². The van der Waals surface area contributed by atoms with Crippen LogP contribution in [0.3, 0.4) is 0 Å². The number of hydrogen-bond acceptors (Lipinski definition) is 3. The second-order valence-electron chi connectivity index (χ2n) is 6.10. The maximum Gasteiger partial charge on any atom is 0.238 e. The van der Waals surface area contributed by atoms with Crippen molar-refractivity contribution in [2.24, 2.45) is 0 Å². The predicted octanol–water partition coefficient (Wildman–Crippen LogP) is 3.05. The first-order valence-electron chi connectivity index (χ1n) is 8.23. The third kappa shape index (κ3) is 5.29. The van der Waals surface area contributed by atoms with Crippen molar-refractivity contribution in [3.8, 4) is 0 Å². The molecule has 1 fully saturated rings. The van der Waals surface area contributed by atoms with Gasteiger partial charge in [-0.2, -0.15) is 0 Å². The molecule has 24 heavy (non-hydrogen) atoms. The molecule has 0 spiro atoms. The molecule has 0 unspecified atom stereocenters. The smallest absolute Gasteiger partial charge is 0.238 e. The molecule has 1 aliphatic heterocycles. The van der Waals surface area contributed by atoms with E-state index >= 15 is 0 Å². The van der Waals surface area contributed by atoms with Crippen molar-refractivity contribution >= 4 is 34.2 Å². The third-order valence-electron chi connectivity index (χ3n) is 4.19. The summed E-state index contributed by atoms with van der Waals surface area (Å²) in [4.78, 5) is 16.9. The first-order valence-corrected chi connectivity index (χ1v) is 9.31. The fourth-order valence-electron chi connectivity index (χ4n) is 2.92. The molecular formula is C19H22IN3O. The molecule has 4 nitrogen and oxygen atoms in total. The van der Waals surface area contributed by atoms with Crippen LogP contribution in [0, 0.1) is 3.57 Å². The van der Waals surface area contributed by atoms with Gasteiger partial charge < -0.3 is 5.32 Å². The zero-order valence-corrected chi connectivity index (χ0v) is 15.8. The van der Waals surface area contributed by atoms with Crippen LogP contribution in [0.4, 0.5) is 5.69 Å². The number of carbonyl (C=O) groups excluding carboxylic acids is 1. The minimum Gasteiger partial charge on any atom is -0.325 e. The first kappa shape index (κ1) is 17.4. The number of anilines is 1. The van der Waals surface area contributed by atoms with E-state index in [1.165, 1.54) is 5.56 Å². The Hall–Kier alpha value is -1.44. The molecule has 5 heteroatoms. The molecule has 0 bridgehead atoms. The lowest BCUT2D eigenvalue weighted by atomic mass is 10.2. The molecule has 0 radical (unpaired) electrons. The van der Waals surface area contributed by atoms with Gasteiger partial charge in [-0.05, 0) is 46.4 Å². The molecule has 0 aromatic heterocycles. The van der Waals surface area contributed by atoms with Crippen molar-refractivity contribution in [1.82, 2.24) is 9.80 Å². The maximum absolute atomic E-state index is 12.2. The summed E-state index contributed by atoms with van der Waals surface area (Å²) < 4.78 is 1.12. The minimum absolute atomic E-state index is 0.0634. The van der Waals surface area contributed by atoms with Crippen molar-refractivity contribution < 1.29 is 4.79 Å². The lowest BCUT2D eigenvalue weighted by Crippen LogP contribution is -2.48. The second kappa shape index (κ2) is 8.60. The fraction of sp³-hybridized carbons (Fsp3) is 0.316. The van der Waals surface area contributed by atoms with Crippen LogP contribution in [-0.2, 0) is 11.3 Å². The van der Waals surface area contributed by atoms with E-state index < -0.39 is 0 Å². The van der Waals surface area contributed by atoms with Crippen LogP contribution in [0.15, 0.2) is 54.6 Å². The van der Waals surface area contributed by atoms with E-state index in [4.69, 9.17) is 0 Å². The van der Waals surface area contributed by atoms with Gasteiger partial charge in [0.1, 0.15) is 0 Å². The summed E-state index contributed by atoms with van der Waals surface area (Å²) >= 11 is 2.25. The average molecular weight is 435 g/mol. The van der Waals surface area contributed by atoms with Gasteiger partial charge in [0, 0.05) is 42.0 Å². The van der Waals surface area contributed by atoms with Crippen molar-refractivity contribution in [2.45, 2.75) is 6.54 Å². The summed E-state index contributed by atoms with van der Waals surface area (Å²) in [5, 5.41) is 2.98. The van der Waals surface area contributed by atoms with E-state index in [1.807, 2.05) is 30.3 Å². The molecular weight excluding hydrogens is 413 g/mol. The van der Waals surface area contributed by atoms with Crippen molar-refractivity contribution in [3.63, 3.8) is 0 Å². The summed E-state index contributed by atoms with van der Waals surface area (Å²) in [6, 6.07) is 18.4. The highest BCUT2D eigenvalue weighted by Gasteiger charge is 2.19. The number of benzene rings is 2. The Morgan fingerprint density at radius 1 is 0.958 bits per heavy atom. The van der Waals surface area contributed by atoms with Crippen LogP contribution in [0.5, 0.6) is 0 Å². The van der Waals surface area contributed by atoms with Gasteiger partial charge in [-0.1, -0.05) is 36.4 Å². The molecule has 126 valence electrons. The molecule has 2 aromatic carbocycles. The fourth-order valence-corrected chi connectivity index (χ4v) is 3.46. The Morgan fingerprint density at radius 2 is 1.67 bits per heavy atom. The van der Waals surface area contributed by atoms with Crippen LogP contribution in [0.25, 0.3) is 0 Å². The van der Waals surface area contributed by atoms with Crippen molar-refractivity contribution in [1.29, 1.82) is 0 Å². The van der Waals surface area contributed by atoms with E-state index in [9.17, 15) is 4.79 Å². The van der Waals surface area contributed by atoms with Gasteiger partial charge >= 0.3 is 0 Å². The van der Waals surface area contributed by atoms with Gasteiger partial charge in [-0.3, -0.25) is 14.6 Å². The summed E-state index contributed by atoms with van der Waals surface area (Å²) in [5.41, 5.74) is 2.22. The van der Waals surface area contributed by atoms with Gasteiger partial charge in [0.05, 0.1) is 6.54 Å². The topological polar surface area (TPSA) is 35.6 Å². The molecule has 1 amide bonds. The van der Waals surface area contributed by atoms with Crippen molar-refractivity contribution in [2.75, 3.05) is 38.0 Å². The highest BCUT2D eigenvalue weighted by atomic mass is 127. The van der Waals surface area contributed by atoms with E-state index in [1.54, 1.807) is 0 Å². The van der Waals surface area contributed by atoms with Gasteiger partial charge in [0.15, 0.2) is 0 Å². The number of nitrogens with zero attached hydrogens (tertiary/aromatic N) is 2. The Bertz CT molecular complexity index is 669. The summed E-state index contributed by atoms with van der Waals surface area (Å²) in [5.74, 6) is 0.0634. The Kier molecular flexibility index (Phi) is 6.23. The summed E-state index contributed by atoms with van der Waals surface area (Å²) in [6.45, 7) is 5.34. The van der Waals surface area contributed by atoms with Crippen LogP contribution in [0.1, 0.15) is 5.56 Å². The Balaban J connectivity index is 1.42. The maximum atomic E-state index is 12.2. The zero-order valence-electron chi connectivity index (χ0n) is 13.6. The number of piperazine rings is 1. The number of hydrogen-bond donors (Lipinski definition) is 1. The minimum atomic E-state index is 0.0634. The molecule has 1 aliphatic rings. The quantitative estimate of drug-likeness (QED) is 0.734. The van der Waals surface area contributed by atoms with Crippen LogP contribution in [0.2, 0.25) is 0 Å². The molecule has 0 aliphatic carbocycles. The Labute approximate surface area is 157 Å². The SMILES string of the molecule is O=C(CN1CCN(Cc2ccccc2)CC1)Nc1cccc(I)c1. The normalized spacial score (nSPS) is 16.0. The second-order valence-corrected chi connectivity index (χ2v) is 7.34. The third-order valence-corrected chi connectivity index (χ3v) is 4.86. The average Bonchev–Trinajstić information content (AvgIpc) is 2.57. The van der Waals surface area contributed by atoms with E-state index in [0.29, 0.717) is 6.54 Å². The Morgan fingerprint density at radius 3 is 2.38 bits per heavy atom. The molecule has 2 aromatic rings. The number of amides is 1. The summed E-state index contributed by atoms with van der Waals surface area (Å²) in [6.07, 6.45) is 0. The number of rotatable bonds is 5. The summed E-state index contributed by atoms with van der Waals surface area (Å²) in [7, 11) is 0.